The third kappa shape index (κ3) is 4.45. The minimum Gasteiger partial charge on any atom is -0.481 e. The van der Waals surface area contributed by atoms with Gasteiger partial charge >= 0.3 is 5.97 Å². The smallest absolute Gasteiger partial charge is 0.306 e. The van der Waals surface area contributed by atoms with Crippen LogP contribution in [0, 0.1) is 11.8 Å². The van der Waals surface area contributed by atoms with Gasteiger partial charge in [0.05, 0.1) is 5.92 Å². The number of carboxylic acid groups (broad SMARTS) is 1. The van der Waals surface area contributed by atoms with Crippen LogP contribution in [0.1, 0.15) is 52.4 Å². The molecule has 1 N–H and O–H groups in total. The molecular weight excluding hydrogens is 296 g/mol. The lowest BCUT2D eigenvalue weighted by atomic mass is 9.94. The van der Waals surface area contributed by atoms with E-state index in [-0.39, 0.29) is 23.8 Å². The first-order valence-electron chi connectivity index (χ1n) is 8.71. The Morgan fingerprint density at radius 2 is 1.83 bits per heavy atom. The molecule has 6 nitrogen and oxygen atoms in total. The summed E-state index contributed by atoms with van der Waals surface area (Å²) in [5, 5.41) is 9.07. The minimum atomic E-state index is -0.776. The van der Waals surface area contributed by atoms with Gasteiger partial charge in [-0.3, -0.25) is 14.4 Å². The third-order valence-electron chi connectivity index (χ3n) is 4.87. The molecule has 1 atom stereocenters. The molecule has 23 heavy (non-hydrogen) atoms. The predicted molar refractivity (Wildman–Crippen MR) is 85.7 cm³/mol. The van der Waals surface area contributed by atoms with Gasteiger partial charge in [-0.2, -0.15) is 0 Å². The molecule has 0 aromatic carbocycles. The summed E-state index contributed by atoms with van der Waals surface area (Å²) >= 11 is 0. The summed E-state index contributed by atoms with van der Waals surface area (Å²) in [7, 11) is 0. The number of carboxylic acids is 1. The summed E-state index contributed by atoms with van der Waals surface area (Å²) < 4.78 is 0. The van der Waals surface area contributed by atoms with Gasteiger partial charge in [-0.05, 0) is 38.0 Å². The second kappa shape index (κ2) is 7.79. The monoisotopic (exact) mass is 324 g/mol. The summed E-state index contributed by atoms with van der Waals surface area (Å²) in [6, 6.07) is -0.385. The molecule has 1 unspecified atom stereocenters. The summed E-state index contributed by atoms with van der Waals surface area (Å²) in [5.41, 5.74) is 0. The van der Waals surface area contributed by atoms with Crippen molar-refractivity contribution in [2.45, 2.75) is 58.4 Å². The van der Waals surface area contributed by atoms with Crippen LogP contribution >= 0.6 is 0 Å². The van der Waals surface area contributed by atoms with Crippen molar-refractivity contribution in [3.05, 3.63) is 0 Å². The first-order valence-corrected chi connectivity index (χ1v) is 8.71. The van der Waals surface area contributed by atoms with Crippen molar-refractivity contribution in [2.75, 3.05) is 19.6 Å². The average molecular weight is 324 g/mol. The Hall–Kier alpha value is -1.59. The van der Waals surface area contributed by atoms with E-state index >= 15 is 0 Å². The normalized spacial score (nSPS) is 21.6. The number of nitrogens with zero attached hydrogens (tertiary/aromatic N) is 2. The quantitative estimate of drug-likeness (QED) is 0.835. The molecular formula is C17H28N2O4. The number of carbonyl (C=O) groups excluding carboxylic acids is 2. The maximum absolute atomic E-state index is 12.9. The van der Waals surface area contributed by atoms with E-state index in [1.165, 1.54) is 0 Å². The Bertz CT molecular complexity index is 456. The van der Waals surface area contributed by atoms with Gasteiger partial charge in [-0.1, -0.05) is 13.8 Å². The van der Waals surface area contributed by atoms with Crippen molar-refractivity contribution in [2.24, 2.45) is 11.8 Å². The Kier molecular flexibility index (Phi) is 6.02. The van der Waals surface area contributed by atoms with Crippen LogP contribution in [0.3, 0.4) is 0 Å². The fourth-order valence-electron chi connectivity index (χ4n) is 3.52. The number of hydrogen-bond acceptors (Lipinski definition) is 3. The maximum atomic E-state index is 12.9. The Balaban J connectivity index is 2.05. The van der Waals surface area contributed by atoms with Gasteiger partial charge < -0.3 is 14.9 Å². The fraction of sp³-hybridized carbons (Fsp3) is 0.824. The van der Waals surface area contributed by atoms with Gasteiger partial charge in [0.2, 0.25) is 11.8 Å². The summed E-state index contributed by atoms with van der Waals surface area (Å²) in [6.07, 6.45) is 4.07. The Morgan fingerprint density at radius 3 is 2.35 bits per heavy atom. The van der Waals surface area contributed by atoms with E-state index in [9.17, 15) is 14.4 Å². The lowest BCUT2D eigenvalue weighted by molar-refractivity contribution is -0.151. The van der Waals surface area contributed by atoms with Gasteiger partial charge in [-0.25, -0.2) is 0 Å². The molecule has 2 saturated heterocycles. The highest BCUT2D eigenvalue weighted by Gasteiger charge is 2.36. The van der Waals surface area contributed by atoms with Gasteiger partial charge in [-0.15, -0.1) is 0 Å². The summed E-state index contributed by atoms with van der Waals surface area (Å²) in [5.74, 6) is -0.718. The van der Waals surface area contributed by atoms with E-state index in [0.717, 1.165) is 12.8 Å². The molecule has 2 fully saturated rings. The van der Waals surface area contributed by atoms with Crippen LogP contribution in [-0.2, 0) is 14.4 Å². The number of hydrogen-bond donors (Lipinski definition) is 1. The van der Waals surface area contributed by atoms with E-state index in [2.05, 4.69) is 13.8 Å². The maximum Gasteiger partial charge on any atom is 0.306 e. The van der Waals surface area contributed by atoms with Crippen LogP contribution in [-0.4, -0.2) is 58.4 Å². The molecule has 6 heteroatoms. The number of likely N-dealkylation sites (tertiary alicyclic amines) is 2. The highest BCUT2D eigenvalue weighted by atomic mass is 16.4. The first-order chi connectivity index (χ1) is 10.9. The second-order valence-corrected chi connectivity index (χ2v) is 7.13. The number of aliphatic carboxylic acids is 1. The van der Waals surface area contributed by atoms with Crippen LogP contribution < -0.4 is 0 Å². The largest absolute Gasteiger partial charge is 0.481 e. The summed E-state index contributed by atoms with van der Waals surface area (Å²) in [6.45, 7) is 5.74. The van der Waals surface area contributed by atoms with Crippen molar-refractivity contribution < 1.29 is 19.5 Å². The topological polar surface area (TPSA) is 77.9 Å². The SMILES string of the molecule is CC(C)CC(C(=O)N1CCC(C(=O)O)CC1)N1CCCCC1=O. The van der Waals surface area contributed by atoms with Crippen LogP contribution in [0.4, 0.5) is 0 Å². The Labute approximate surface area is 137 Å². The zero-order valence-electron chi connectivity index (χ0n) is 14.2. The van der Waals surface area contributed by atoms with Gasteiger partial charge in [0.25, 0.3) is 0 Å². The predicted octanol–water partition coefficient (Wildman–Crippen LogP) is 1.74. The van der Waals surface area contributed by atoms with Gasteiger partial charge in [0.15, 0.2) is 0 Å². The molecule has 0 spiro atoms. The number of piperidine rings is 2. The molecule has 0 aromatic rings. The second-order valence-electron chi connectivity index (χ2n) is 7.13. The van der Waals surface area contributed by atoms with Crippen molar-refractivity contribution in [1.82, 2.24) is 9.80 Å². The van der Waals surface area contributed by atoms with Crippen LogP contribution in [0.5, 0.6) is 0 Å². The highest BCUT2D eigenvalue weighted by molar-refractivity contribution is 5.88. The van der Waals surface area contributed by atoms with E-state index < -0.39 is 5.97 Å². The molecule has 0 aliphatic carbocycles. The molecule has 0 bridgehead atoms. The van der Waals surface area contributed by atoms with Crippen molar-refractivity contribution in [3.63, 3.8) is 0 Å². The van der Waals surface area contributed by atoms with Gasteiger partial charge in [0.1, 0.15) is 6.04 Å². The zero-order valence-corrected chi connectivity index (χ0v) is 14.2. The zero-order chi connectivity index (χ0) is 17.0. The van der Waals surface area contributed by atoms with Crippen molar-refractivity contribution in [3.8, 4) is 0 Å². The standard InChI is InChI=1S/C17H28N2O4/c1-12(2)11-14(19-8-4-3-5-15(19)20)16(21)18-9-6-13(7-10-18)17(22)23/h12-14H,3-11H2,1-2H3,(H,22,23). The lowest BCUT2D eigenvalue weighted by Gasteiger charge is -2.39. The first kappa shape index (κ1) is 17.8. The molecule has 0 saturated carbocycles. The summed E-state index contributed by atoms with van der Waals surface area (Å²) in [4.78, 5) is 39.7. The number of carbonyl (C=O) groups is 3. The van der Waals surface area contributed by atoms with Crippen molar-refractivity contribution in [1.29, 1.82) is 0 Å². The van der Waals surface area contributed by atoms with Gasteiger partial charge in [0, 0.05) is 26.1 Å². The van der Waals surface area contributed by atoms with E-state index in [1.807, 2.05) is 0 Å². The molecule has 130 valence electrons. The third-order valence-corrected chi connectivity index (χ3v) is 4.87. The van der Waals surface area contributed by atoms with Crippen molar-refractivity contribution >= 4 is 17.8 Å². The molecule has 0 aromatic heterocycles. The van der Waals surface area contributed by atoms with Crippen LogP contribution in [0.15, 0.2) is 0 Å². The Morgan fingerprint density at radius 1 is 1.17 bits per heavy atom. The van der Waals surface area contributed by atoms with Crippen LogP contribution in [0.2, 0.25) is 0 Å². The molecule has 2 aliphatic rings. The molecule has 0 radical (unpaired) electrons. The molecule has 2 aliphatic heterocycles. The highest BCUT2D eigenvalue weighted by Crippen LogP contribution is 2.23. The average Bonchev–Trinajstić information content (AvgIpc) is 2.52. The molecule has 2 amide bonds. The van der Waals surface area contributed by atoms with E-state index in [1.54, 1.807) is 9.80 Å². The van der Waals surface area contributed by atoms with E-state index in [0.29, 0.717) is 51.2 Å². The van der Waals surface area contributed by atoms with Crippen LogP contribution in [0.25, 0.3) is 0 Å². The molecule has 2 heterocycles. The number of amides is 2. The van der Waals surface area contributed by atoms with E-state index in [4.69, 9.17) is 5.11 Å². The lowest BCUT2D eigenvalue weighted by Crippen LogP contribution is -2.54. The number of rotatable bonds is 5. The fourth-order valence-corrected chi connectivity index (χ4v) is 3.52. The minimum absolute atomic E-state index is 0.00205. The molecule has 2 rings (SSSR count).